The molecule has 0 saturated carbocycles. The summed E-state index contributed by atoms with van der Waals surface area (Å²) in [6.07, 6.45) is 3.11. The summed E-state index contributed by atoms with van der Waals surface area (Å²) in [5.74, 6) is -0.383. The maximum absolute atomic E-state index is 12.4. The zero-order valence-electron chi connectivity index (χ0n) is 16.5. The molecule has 0 spiro atoms. The summed E-state index contributed by atoms with van der Waals surface area (Å²) in [6, 6.07) is 13.0. The van der Waals surface area contributed by atoms with Crippen molar-refractivity contribution in [1.29, 1.82) is 0 Å². The molecule has 2 aromatic rings. The fourth-order valence-electron chi connectivity index (χ4n) is 3.47. The van der Waals surface area contributed by atoms with E-state index in [1.54, 1.807) is 12.1 Å². The highest BCUT2D eigenvalue weighted by atomic mass is 16.6. The lowest BCUT2D eigenvalue weighted by molar-refractivity contribution is -0.384. The number of non-ortho nitro benzene ring substituents is 1. The Morgan fingerprint density at radius 2 is 1.77 bits per heavy atom. The van der Waals surface area contributed by atoms with Crippen LogP contribution in [0.15, 0.2) is 61.2 Å². The van der Waals surface area contributed by atoms with Crippen LogP contribution in [-0.4, -0.2) is 42.4 Å². The number of anilines is 1. The lowest BCUT2D eigenvalue weighted by Crippen LogP contribution is -2.45. The standard InChI is InChI=1S/C22H24N4O4/c1-2-13-23-22(28)19-5-3-4-6-20(19)25-14-11-17(12-15-25)24-21(27)16-7-9-18(10-8-16)26(29)30/h2-10,17H,1,11-15H2,(H,23,28)(H,24,27). The highest BCUT2D eigenvalue weighted by molar-refractivity contribution is 6.00. The van der Waals surface area contributed by atoms with E-state index in [2.05, 4.69) is 22.1 Å². The van der Waals surface area contributed by atoms with Gasteiger partial charge in [0.2, 0.25) is 0 Å². The molecule has 8 heteroatoms. The summed E-state index contributed by atoms with van der Waals surface area (Å²) in [7, 11) is 0. The molecule has 0 unspecified atom stereocenters. The number of nitro groups is 1. The summed E-state index contributed by atoms with van der Waals surface area (Å²) < 4.78 is 0. The summed E-state index contributed by atoms with van der Waals surface area (Å²) >= 11 is 0. The number of piperidine rings is 1. The van der Waals surface area contributed by atoms with Crippen LogP contribution >= 0.6 is 0 Å². The number of amides is 2. The molecule has 1 fully saturated rings. The molecular formula is C22H24N4O4. The third-order valence-electron chi connectivity index (χ3n) is 5.07. The van der Waals surface area contributed by atoms with Gasteiger partial charge >= 0.3 is 0 Å². The lowest BCUT2D eigenvalue weighted by Gasteiger charge is -2.34. The van der Waals surface area contributed by atoms with E-state index in [4.69, 9.17) is 0 Å². The average molecular weight is 408 g/mol. The maximum Gasteiger partial charge on any atom is 0.269 e. The van der Waals surface area contributed by atoms with Crippen molar-refractivity contribution in [1.82, 2.24) is 10.6 Å². The zero-order valence-corrected chi connectivity index (χ0v) is 16.5. The normalized spacial score (nSPS) is 14.1. The Kier molecular flexibility index (Phi) is 6.79. The first-order valence-electron chi connectivity index (χ1n) is 9.78. The second-order valence-electron chi connectivity index (χ2n) is 7.05. The summed E-state index contributed by atoms with van der Waals surface area (Å²) in [6.45, 7) is 5.43. The molecule has 1 heterocycles. The van der Waals surface area contributed by atoms with E-state index in [9.17, 15) is 19.7 Å². The third-order valence-corrected chi connectivity index (χ3v) is 5.07. The van der Waals surface area contributed by atoms with Crippen LogP contribution in [0.3, 0.4) is 0 Å². The molecule has 1 aliphatic heterocycles. The molecule has 0 aliphatic carbocycles. The van der Waals surface area contributed by atoms with Crippen molar-refractivity contribution >= 4 is 23.2 Å². The molecule has 30 heavy (non-hydrogen) atoms. The Morgan fingerprint density at radius 1 is 1.10 bits per heavy atom. The van der Waals surface area contributed by atoms with Gasteiger partial charge in [-0.1, -0.05) is 18.2 Å². The zero-order chi connectivity index (χ0) is 21.5. The quantitative estimate of drug-likeness (QED) is 0.416. The van der Waals surface area contributed by atoms with Crippen LogP contribution in [0.5, 0.6) is 0 Å². The van der Waals surface area contributed by atoms with Crippen molar-refractivity contribution in [3.05, 3.63) is 82.4 Å². The van der Waals surface area contributed by atoms with Gasteiger partial charge in [-0.15, -0.1) is 6.58 Å². The number of benzene rings is 2. The first kappa shape index (κ1) is 21.0. The van der Waals surface area contributed by atoms with Crippen LogP contribution in [0.1, 0.15) is 33.6 Å². The molecule has 2 amide bonds. The van der Waals surface area contributed by atoms with Crippen molar-refractivity contribution in [3.8, 4) is 0 Å². The number of nitrogens with one attached hydrogen (secondary N) is 2. The van der Waals surface area contributed by atoms with Crippen LogP contribution < -0.4 is 15.5 Å². The number of hydrogen-bond donors (Lipinski definition) is 2. The Hall–Kier alpha value is -3.68. The highest BCUT2D eigenvalue weighted by Gasteiger charge is 2.24. The fourth-order valence-corrected chi connectivity index (χ4v) is 3.47. The second kappa shape index (κ2) is 9.69. The van der Waals surface area contributed by atoms with E-state index in [0.29, 0.717) is 30.8 Å². The molecular weight excluding hydrogens is 384 g/mol. The number of hydrogen-bond acceptors (Lipinski definition) is 5. The number of rotatable bonds is 7. The largest absolute Gasteiger partial charge is 0.371 e. The van der Waals surface area contributed by atoms with E-state index >= 15 is 0 Å². The predicted molar refractivity (Wildman–Crippen MR) is 115 cm³/mol. The molecule has 0 radical (unpaired) electrons. The molecule has 0 bridgehead atoms. The summed E-state index contributed by atoms with van der Waals surface area (Å²) in [5, 5.41) is 16.5. The van der Waals surface area contributed by atoms with Crippen LogP contribution in [0.2, 0.25) is 0 Å². The fraction of sp³-hybridized carbons (Fsp3) is 0.273. The molecule has 1 saturated heterocycles. The van der Waals surface area contributed by atoms with Gasteiger partial charge in [0.1, 0.15) is 0 Å². The van der Waals surface area contributed by atoms with Gasteiger partial charge in [-0.05, 0) is 37.1 Å². The molecule has 0 aromatic heterocycles. The van der Waals surface area contributed by atoms with Gasteiger partial charge in [0.05, 0.1) is 10.5 Å². The minimum absolute atomic E-state index is 0.00527. The number of nitro benzene ring substituents is 1. The van der Waals surface area contributed by atoms with Gasteiger partial charge in [0.25, 0.3) is 17.5 Å². The number of para-hydroxylation sites is 1. The van der Waals surface area contributed by atoms with Crippen molar-refractivity contribution in [2.24, 2.45) is 0 Å². The van der Waals surface area contributed by atoms with Crippen LogP contribution in [0.25, 0.3) is 0 Å². The predicted octanol–water partition coefficient (Wildman–Crippen LogP) is 2.91. The minimum Gasteiger partial charge on any atom is -0.371 e. The van der Waals surface area contributed by atoms with Crippen molar-refractivity contribution in [2.45, 2.75) is 18.9 Å². The van der Waals surface area contributed by atoms with E-state index in [1.165, 1.54) is 24.3 Å². The van der Waals surface area contributed by atoms with Gasteiger partial charge in [-0.25, -0.2) is 0 Å². The highest BCUT2D eigenvalue weighted by Crippen LogP contribution is 2.24. The number of carbonyl (C=O) groups is 2. The average Bonchev–Trinajstić information content (AvgIpc) is 2.78. The van der Waals surface area contributed by atoms with Crippen LogP contribution in [-0.2, 0) is 0 Å². The van der Waals surface area contributed by atoms with E-state index in [-0.39, 0.29) is 23.5 Å². The van der Waals surface area contributed by atoms with E-state index in [1.807, 2.05) is 18.2 Å². The molecule has 1 aliphatic rings. The minimum atomic E-state index is -0.493. The number of carbonyl (C=O) groups excluding carboxylic acids is 2. The van der Waals surface area contributed by atoms with Crippen molar-refractivity contribution < 1.29 is 14.5 Å². The Bertz CT molecular complexity index is 934. The Labute approximate surface area is 174 Å². The van der Waals surface area contributed by atoms with Crippen molar-refractivity contribution in [2.75, 3.05) is 24.5 Å². The Balaban J connectivity index is 1.59. The van der Waals surface area contributed by atoms with Gasteiger partial charge < -0.3 is 15.5 Å². The van der Waals surface area contributed by atoms with E-state index in [0.717, 1.165) is 18.5 Å². The summed E-state index contributed by atoms with van der Waals surface area (Å²) in [4.78, 5) is 37.2. The topological polar surface area (TPSA) is 105 Å². The van der Waals surface area contributed by atoms with Gasteiger partial charge in [0, 0.05) is 49.1 Å². The van der Waals surface area contributed by atoms with Crippen molar-refractivity contribution in [3.63, 3.8) is 0 Å². The molecule has 2 N–H and O–H groups in total. The molecule has 2 aromatic carbocycles. The molecule has 3 rings (SSSR count). The number of nitrogens with zero attached hydrogens (tertiary/aromatic N) is 2. The van der Waals surface area contributed by atoms with Gasteiger partial charge in [0.15, 0.2) is 0 Å². The smallest absolute Gasteiger partial charge is 0.269 e. The Morgan fingerprint density at radius 3 is 2.40 bits per heavy atom. The monoisotopic (exact) mass is 408 g/mol. The van der Waals surface area contributed by atoms with Crippen LogP contribution in [0.4, 0.5) is 11.4 Å². The van der Waals surface area contributed by atoms with Gasteiger partial charge in [-0.3, -0.25) is 19.7 Å². The SMILES string of the molecule is C=CCNC(=O)c1ccccc1N1CCC(NC(=O)c2ccc([N+](=O)[O-])cc2)CC1. The third kappa shape index (κ3) is 5.02. The molecule has 0 atom stereocenters. The summed E-state index contributed by atoms with van der Waals surface area (Å²) in [5.41, 5.74) is 1.84. The first-order valence-corrected chi connectivity index (χ1v) is 9.78. The second-order valence-corrected chi connectivity index (χ2v) is 7.05. The molecule has 8 nitrogen and oxygen atoms in total. The van der Waals surface area contributed by atoms with Crippen LogP contribution in [0, 0.1) is 10.1 Å². The van der Waals surface area contributed by atoms with Gasteiger partial charge in [-0.2, -0.15) is 0 Å². The first-order chi connectivity index (χ1) is 14.5. The molecule has 156 valence electrons. The van der Waals surface area contributed by atoms with E-state index < -0.39 is 4.92 Å². The maximum atomic E-state index is 12.4. The lowest BCUT2D eigenvalue weighted by atomic mass is 10.0.